The van der Waals surface area contributed by atoms with Crippen LogP contribution in [0.25, 0.3) is 22.6 Å². The highest BCUT2D eigenvalue weighted by molar-refractivity contribution is 5.91. The molecule has 1 fully saturated rings. The van der Waals surface area contributed by atoms with Crippen LogP contribution in [0.15, 0.2) is 52.9 Å². The van der Waals surface area contributed by atoms with Crippen molar-refractivity contribution in [1.29, 1.82) is 0 Å². The minimum absolute atomic E-state index is 0.0206. The van der Waals surface area contributed by atoms with Crippen LogP contribution in [-0.2, 0) is 14.3 Å². The molecule has 3 aromatic rings. The highest BCUT2D eigenvalue weighted by Crippen LogP contribution is 2.25. The number of nitrogens with one attached hydrogen (secondary N) is 1. The number of rotatable bonds is 6. The van der Waals surface area contributed by atoms with Crippen molar-refractivity contribution in [2.45, 2.75) is 18.9 Å². The average Bonchev–Trinajstić information content (AvgIpc) is 3.31. The Labute approximate surface area is 151 Å². The summed E-state index contributed by atoms with van der Waals surface area (Å²) in [4.78, 5) is 16.4. The minimum atomic E-state index is -0.183. The molecule has 26 heavy (non-hydrogen) atoms. The minimum Gasteiger partial charge on any atom is -0.436 e. The summed E-state index contributed by atoms with van der Waals surface area (Å²) in [5.74, 6) is 0.376. The number of hydrogen-bond acceptors (Lipinski definition) is 5. The zero-order valence-electron chi connectivity index (χ0n) is 14.3. The van der Waals surface area contributed by atoms with Crippen LogP contribution in [0, 0.1) is 0 Å². The molecule has 1 amide bonds. The lowest BCUT2D eigenvalue weighted by molar-refractivity contribution is -0.121. The monoisotopic (exact) mass is 352 g/mol. The number of carbonyl (C=O) groups excluding carboxylic acids is 1. The molecular formula is C20H20N2O4. The summed E-state index contributed by atoms with van der Waals surface area (Å²) < 4.78 is 16.6. The van der Waals surface area contributed by atoms with Gasteiger partial charge in [0.15, 0.2) is 5.58 Å². The van der Waals surface area contributed by atoms with Crippen molar-refractivity contribution in [1.82, 2.24) is 4.98 Å². The van der Waals surface area contributed by atoms with Gasteiger partial charge in [-0.3, -0.25) is 4.79 Å². The van der Waals surface area contributed by atoms with E-state index in [-0.39, 0.29) is 18.6 Å². The number of nitrogens with zero attached hydrogens (tertiary/aromatic N) is 1. The largest absolute Gasteiger partial charge is 0.436 e. The first-order valence-electron chi connectivity index (χ1n) is 8.73. The molecule has 0 spiro atoms. The normalized spacial score (nSPS) is 16.8. The molecule has 6 nitrogen and oxygen atoms in total. The molecular weight excluding hydrogens is 332 g/mol. The van der Waals surface area contributed by atoms with Crippen molar-refractivity contribution < 1.29 is 18.7 Å². The first-order chi connectivity index (χ1) is 12.8. The van der Waals surface area contributed by atoms with E-state index < -0.39 is 0 Å². The number of ether oxygens (including phenoxy) is 2. The number of amides is 1. The predicted molar refractivity (Wildman–Crippen MR) is 97.9 cm³/mol. The second-order valence-electron chi connectivity index (χ2n) is 6.26. The molecule has 1 N–H and O–H groups in total. The van der Waals surface area contributed by atoms with Crippen LogP contribution in [0.3, 0.4) is 0 Å². The predicted octanol–water partition coefficient (Wildman–Crippen LogP) is 3.63. The molecule has 1 aliphatic heterocycles. The van der Waals surface area contributed by atoms with Gasteiger partial charge in [0, 0.05) is 17.9 Å². The smallest absolute Gasteiger partial charge is 0.250 e. The third-order valence-electron chi connectivity index (χ3n) is 4.27. The maximum absolute atomic E-state index is 12.0. The van der Waals surface area contributed by atoms with Gasteiger partial charge in [-0.2, -0.15) is 0 Å². The fourth-order valence-corrected chi connectivity index (χ4v) is 2.95. The number of anilines is 1. The van der Waals surface area contributed by atoms with Gasteiger partial charge < -0.3 is 19.2 Å². The Kier molecular flexibility index (Phi) is 4.95. The first kappa shape index (κ1) is 16.8. The van der Waals surface area contributed by atoms with Crippen molar-refractivity contribution in [3.8, 4) is 11.5 Å². The summed E-state index contributed by atoms with van der Waals surface area (Å²) in [7, 11) is 0. The van der Waals surface area contributed by atoms with Gasteiger partial charge in [-0.25, -0.2) is 4.98 Å². The molecule has 1 saturated heterocycles. The molecule has 1 aliphatic rings. The van der Waals surface area contributed by atoms with E-state index in [1.807, 2.05) is 48.5 Å². The number of hydrogen-bond donors (Lipinski definition) is 1. The van der Waals surface area contributed by atoms with E-state index in [0.717, 1.165) is 36.1 Å². The highest BCUT2D eigenvalue weighted by Gasteiger charge is 2.16. The fraction of sp³-hybridized carbons (Fsp3) is 0.300. The Morgan fingerprint density at radius 2 is 2.04 bits per heavy atom. The maximum Gasteiger partial charge on any atom is 0.250 e. The van der Waals surface area contributed by atoms with E-state index in [0.29, 0.717) is 18.2 Å². The molecule has 6 heteroatoms. The SMILES string of the molecule is O=C(COCC1CCCO1)Nc1ccc(-c2nc3ccccc3o2)cc1. The number of fused-ring (bicyclic) bond motifs is 1. The summed E-state index contributed by atoms with van der Waals surface area (Å²) in [6, 6.07) is 15.0. The van der Waals surface area contributed by atoms with E-state index in [4.69, 9.17) is 13.9 Å². The lowest BCUT2D eigenvalue weighted by atomic mass is 10.2. The first-order valence-corrected chi connectivity index (χ1v) is 8.73. The van der Waals surface area contributed by atoms with Crippen molar-refractivity contribution in [3.63, 3.8) is 0 Å². The van der Waals surface area contributed by atoms with Crippen LogP contribution in [0.1, 0.15) is 12.8 Å². The fourth-order valence-electron chi connectivity index (χ4n) is 2.95. The molecule has 1 unspecified atom stereocenters. The number of oxazole rings is 1. The van der Waals surface area contributed by atoms with Gasteiger partial charge in [-0.1, -0.05) is 12.1 Å². The van der Waals surface area contributed by atoms with Crippen LogP contribution in [0.5, 0.6) is 0 Å². The Balaban J connectivity index is 1.32. The topological polar surface area (TPSA) is 73.6 Å². The van der Waals surface area contributed by atoms with E-state index in [1.165, 1.54) is 0 Å². The van der Waals surface area contributed by atoms with Gasteiger partial charge in [0.25, 0.3) is 0 Å². The van der Waals surface area contributed by atoms with Gasteiger partial charge in [-0.15, -0.1) is 0 Å². The van der Waals surface area contributed by atoms with Gasteiger partial charge in [0.05, 0.1) is 12.7 Å². The quantitative estimate of drug-likeness (QED) is 0.733. The second-order valence-corrected chi connectivity index (χ2v) is 6.26. The zero-order valence-corrected chi connectivity index (χ0v) is 14.3. The Hall–Kier alpha value is -2.70. The zero-order chi connectivity index (χ0) is 17.8. The molecule has 2 heterocycles. The van der Waals surface area contributed by atoms with Crippen LogP contribution in [-0.4, -0.2) is 36.8 Å². The number of aromatic nitrogens is 1. The molecule has 2 aromatic carbocycles. The molecule has 0 saturated carbocycles. The lowest BCUT2D eigenvalue weighted by Crippen LogP contribution is -2.22. The molecule has 1 aromatic heterocycles. The molecule has 1 atom stereocenters. The Morgan fingerprint density at radius 3 is 2.81 bits per heavy atom. The van der Waals surface area contributed by atoms with Gasteiger partial charge in [-0.05, 0) is 49.2 Å². The summed E-state index contributed by atoms with van der Waals surface area (Å²) in [6.07, 6.45) is 2.18. The Bertz CT molecular complexity index is 849. The van der Waals surface area contributed by atoms with Crippen molar-refractivity contribution in [2.24, 2.45) is 0 Å². The van der Waals surface area contributed by atoms with Gasteiger partial charge in [0.2, 0.25) is 11.8 Å². The molecule has 0 radical (unpaired) electrons. The van der Waals surface area contributed by atoms with E-state index in [2.05, 4.69) is 10.3 Å². The second kappa shape index (κ2) is 7.68. The standard InChI is InChI=1S/C20H20N2O4/c23-19(13-24-12-16-4-3-11-25-16)21-15-9-7-14(8-10-15)20-22-17-5-1-2-6-18(17)26-20/h1-2,5-10,16H,3-4,11-13H2,(H,21,23). The third kappa shape index (κ3) is 3.92. The number of benzene rings is 2. The molecule has 134 valence electrons. The summed E-state index contributed by atoms with van der Waals surface area (Å²) in [6.45, 7) is 1.27. The number of carbonyl (C=O) groups is 1. The van der Waals surface area contributed by atoms with Crippen LogP contribution in [0.2, 0.25) is 0 Å². The third-order valence-corrected chi connectivity index (χ3v) is 4.27. The summed E-state index contributed by atoms with van der Waals surface area (Å²) in [5, 5.41) is 2.82. The van der Waals surface area contributed by atoms with E-state index in [9.17, 15) is 4.79 Å². The van der Waals surface area contributed by atoms with E-state index in [1.54, 1.807) is 0 Å². The lowest BCUT2D eigenvalue weighted by Gasteiger charge is -2.10. The van der Waals surface area contributed by atoms with Crippen LogP contribution in [0.4, 0.5) is 5.69 Å². The van der Waals surface area contributed by atoms with Crippen LogP contribution >= 0.6 is 0 Å². The summed E-state index contributed by atoms with van der Waals surface area (Å²) >= 11 is 0. The average molecular weight is 352 g/mol. The molecule has 0 aliphatic carbocycles. The molecule has 0 bridgehead atoms. The van der Waals surface area contributed by atoms with E-state index >= 15 is 0 Å². The van der Waals surface area contributed by atoms with Crippen molar-refractivity contribution in [2.75, 3.05) is 25.1 Å². The maximum atomic E-state index is 12.0. The highest BCUT2D eigenvalue weighted by atomic mass is 16.5. The van der Waals surface area contributed by atoms with Gasteiger partial charge >= 0.3 is 0 Å². The van der Waals surface area contributed by atoms with Crippen molar-refractivity contribution >= 4 is 22.7 Å². The van der Waals surface area contributed by atoms with Crippen molar-refractivity contribution in [3.05, 3.63) is 48.5 Å². The summed E-state index contributed by atoms with van der Waals surface area (Å²) in [5.41, 5.74) is 3.14. The van der Waals surface area contributed by atoms with Gasteiger partial charge in [0.1, 0.15) is 12.1 Å². The van der Waals surface area contributed by atoms with Crippen LogP contribution < -0.4 is 5.32 Å². The molecule has 4 rings (SSSR count). The number of para-hydroxylation sites is 2. The Morgan fingerprint density at radius 1 is 1.19 bits per heavy atom.